The van der Waals surface area contributed by atoms with Crippen LogP contribution in [-0.2, 0) is 6.61 Å². The van der Waals surface area contributed by atoms with Crippen molar-refractivity contribution in [1.82, 2.24) is 0 Å². The van der Waals surface area contributed by atoms with Gasteiger partial charge in [-0.05, 0) is 42.3 Å². The lowest BCUT2D eigenvalue weighted by atomic mass is 10.1. The van der Waals surface area contributed by atoms with Crippen LogP contribution in [0.15, 0.2) is 46.2 Å². The van der Waals surface area contributed by atoms with E-state index in [0.29, 0.717) is 0 Å². The van der Waals surface area contributed by atoms with Crippen LogP contribution in [0, 0.1) is 18.6 Å². The van der Waals surface area contributed by atoms with E-state index in [9.17, 15) is 8.78 Å². The van der Waals surface area contributed by atoms with E-state index >= 15 is 0 Å². The van der Waals surface area contributed by atoms with Crippen molar-refractivity contribution < 1.29 is 13.9 Å². The van der Waals surface area contributed by atoms with Crippen molar-refractivity contribution in [2.24, 2.45) is 0 Å². The van der Waals surface area contributed by atoms with E-state index < -0.39 is 11.6 Å². The summed E-state index contributed by atoms with van der Waals surface area (Å²) < 4.78 is 26.6. The molecular weight excluding hydrogens is 254 g/mol. The average Bonchev–Trinajstić information content (AvgIpc) is 2.36. The summed E-state index contributed by atoms with van der Waals surface area (Å²) in [6.45, 7) is 1.85. The van der Waals surface area contributed by atoms with Crippen LogP contribution in [0.1, 0.15) is 11.1 Å². The van der Waals surface area contributed by atoms with E-state index in [2.05, 4.69) is 0 Å². The van der Waals surface area contributed by atoms with Gasteiger partial charge in [0, 0.05) is 4.90 Å². The molecule has 0 saturated heterocycles. The van der Waals surface area contributed by atoms with Gasteiger partial charge in [0.1, 0.15) is 11.6 Å². The molecule has 0 bridgehead atoms. The van der Waals surface area contributed by atoms with Crippen LogP contribution in [0.5, 0.6) is 0 Å². The van der Waals surface area contributed by atoms with Crippen LogP contribution < -0.4 is 0 Å². The molecule has 1 N–H and O–H groups in total. The van der Waals surface area contributed by atoms with Crippen LogP contribution in [0.3, 0.4) is 0 Å². The first-order valence-electron chi connectivity index (χ1n) is 5.43. The number of aryl methyl sites for hydroxylation is 1. The second-order valence-corrected chi connectivity index (χ2v) is 5.02. The van der Waals surface area contributed by atoms with E-state index in [4.69, 9.17) is 5.11 Å². The number of halogens is 2. The molecule has 18 heavy (non-hydrogen) atoms. The summed E-state index contributed by atoms with van der Waals surface area (Å²) in [4.78, 5) is 1.10. The number of hydrogen-bond acceptors (Lipinski definition) is 2. The second kappa shape index (κ2) is 5.50. The molecule has 2 rings (SSSR count). The Labute approximate surface area is 108 Å². The van der Waals surface area contributed by atoms with Crippen molar-refractivity contribution >= 4 is 11.8 Å². The van der Waals surface area contributed by atoms with Gasteiger partial charge < -0.3 is 5.11 Å². The number of aliphatic hydroxyl groups excluding tert-OH is 1. The largest absolute Gasteiger partial charge is 0.392 e. The van der Waals surface area contributed by atoms with E-state index in [-0.39, 0.29) is 11.5 Å². The molecule has 0 aliphatic carbocycles. The topological polar surface area (TPSA) is 20.2 Å². The lowest BCUT2D eigenvalue weighted by Gasteiger charge is -2.08. The Morgan fingerprint density at radius 2 is 1.83 bits per heavy atom. The van der Waals surface area contributed by atoms with Gasteiger partial charge in [0.15, 0.2) is 0 Å². The highest BCUT2D eigenvalue weighted by Crippen LogP contribution is 2.32. The van der Waals surface area contributed by atoms with Crippen molar-refractivity contribution in [2.45, 2.75) is 23.3 Å². The lowest BCUT2D eigenvalue weighted by Crippen LogP contribution is -1.88. The highest BCUT2D eigenvalue weighted by Gasteiger charge is 2.08. The SMILES string of the molecule is Cc1cc(CO)ccc1Sc1cc(F)ccc1F. The maximum absolute atomic E-state index is 13.5. The Hall–Kier alpha value is -1.39. The maximum atomic E-state index is 13.5. The Morgan fingerprint density at radius 3 is 2.50 bits per heavy atom. The van der Waals surface area contributed by atoms with Gasteiger partial charge in [0.2, 0.25) is 0 Å². The third-order valence-corrected chi connectivity index (χ3v) is 3.75. The molecule has 1 nitrogen and oxygen atoms in total. The molecule has 0 spiro atoms. The first kappa shape index (κ1) is 13.1. The summed E-state index contributed by atoms with van der Waals surface area (Å²) >= 11 is 1.18. The van der Waals surface area contributed by atoms with Gasteiger partial charge in [-0.25, -0.2) is 8.78 Å². The first-order chi connectivity index (χ1) is 8.60. The van der Waals surface area contributed by atoms with Gasteiger partial charge in [-0.2, -0.15) is 0 Å². The molecule has 0 heterocycles. The summed E-state index contributed by atoms with van der Waals surface area (Å²) in [7, 11) is 0. The molecule has 2 aromatic carbocycles. The van der Waals surface area contributed by atoms with E-state index in [0.717, 1.165) is 28.2 Å². The molecule has 0 unspecified atom stereocenters. The third kappa shape index (κ3) is 2.89. The Bertz CT molecular complexity index is 570. The zero-order valence-corrected chi connectivity index (χ0v) is 10.6. The molecule has 0 aliphatic heterocycles. The van der Waals surface area contributed by atoms with E-state index in [1.165, 1.54) is 17.8 Å². The third-order valence-electron chi connectivity index (χ3n) is 2.54. The molecule has 2 aromatic rings. The first-order valence-corrected chi connectivity index (χ1v) is 6.25. The second-order valence-electron chi connectivity index (χ2n) is 3.93. The minimum atomic E-state index is -0.455. The summed E-state index contributed by atoms with van der Waals surface area (Å²) in [5.74, 6) is -0.893. The van der Waals surface area contributed by atoms with Gasteiger partial charge in [0.05, 0.1) is 11.5 Å². The molecular formula is C14H12F2OS. The zero-order chi connectivity index (χ0) is 13.1. The fourth-order valence-electron chi connectivity index (χ4n) is 1.60. The molecule has 0 aromatic heterocycles. The van der Waals surface area contributed by atoms with Crippen molar-refractivity contribution in [2.75, 3.05) is 0 Å². The highest BCUT2D eigenvalue weighted by atomic mass is 32.2. The minimum Gasteiger partial charge on any atom is -0.392 e. The molecule has 0 aliphatic rings. The Kier molecular flexibility index (Phi) is 3.99. The van der Waals surface area contributed by atoms with Crippen LogP contribution in [0.25, 0.3) is 0 Å². The number of hydrogen-bond donors (Lipinski definition) is 1. The zero-order valence-electron chi connectivity index (χ0n) is 9.78. The lowest BCUT2D eigenvalue weighted by molar-refractivity contribution is 0.281. The maximum Gasteiger partial charge on any atom is 0.137 e. The fourth-order valence-corrected chi connectivity index (χ4v) is 2.53. The van der Waals surface area contributed by atoms with Gasteiger partial charge in [-0.1, -0.05) is 23.9 Å². The minimum absolute atomic E-state index is 0.0277. The van der Waals surface area contributed by atoms with Crippen LogP contribution in [0.4, 0.5) is 8.78 Å². The molecule has 0 amide bonds. The predicted molar refractivity (Wildman–Crippen MR) is 67.6 cm³/mol. The van der Waals surface area contributed by atoms with E-state index in [1.54, 1.807) is 12.1 Å². The fraction of sp³-hybridized carbons (Fsp3) is 0.143. The highest BCUT2D eigenvalue weighted by molar-refractivity contribution is 7.99. The molecule has 4 heteroatoms. The summed E-state index contributed by atoms with van der Waals surface area (Å²) in [5, 5.41) is 9.01. The molecule has 0 atom stereocenters. The standard InChI is InChI=1S/C14H12F2OS/c1-9-6-10(8-17)2-5-13(9)18-14-7-11(15)3-4-12(14)16/h2-7,17H,8H2,1H3. The molecule has 0 radical (unpaired) electrons. The monoisotopic (exact) mass is 266 g/mol. The molecule has 0 fully saturated rings. The van der Waals surface area contributed by atoms with Gasteiger partial charge >= 0.3 is 0 Å². The van der Waals surface area contributed by atoms with Crippen molar-refractivity contribution in [3.63, 3.8) is 0 Å². The smallest absolute Gasteiger partial charge is 0.137 e. The Morgan fingerprint density at radius 1 is 1.06 bits per heavy atom. The summed E-state index contributed by atoms with van der Waals surface area (Å²) in [5.41, 5.74) is 1.73. The quantitative estimate of drug-likeness (QED) is 0.908. The van der Waals surface area contributed by atoms with Gasteiger partial charge in [0.25, 0.3) is 0 Å². The van der Waals surface area contributed by atoms with Crippen LogP contribution in [-0.4, -0.2) is 5.11 Å². The Balaban J connectivity index is 2.31. The van der Waals surface area contributed by atoms with Gasteiger partial charge in [-0.3, -0.25) is 0 Å². The number of aliphatic hydroxyl groups is 1. The van der Waals surface area contributed by atoms with Crippen LogP contribution in [0.2, 0.25) is 0 Å². The molecule has 0 saturated carbocycles. The van der Waals surface area contributed by atoms with Crippen molar-refractivity contribution in [3.05, 3.63) is 59.2 Å². The summed E-state index contributed by atoms with van der Waals surface area (Å²) in [6.07, 6.45) is 0. The summed E-state index contributed by atoms with van der Waals surface area (Å²) in [6, 6.07) is 8.80. The van der Waals surface area contributed by atoms with Gasteiger partial charge in [-0.15, -0.1) is 0 Å². The predicted octanol–water partition coefficient (Wildman–Crippen LogP) is 3.92. The number of rotatable bonds is 3. The van der Waals surface area contributed by atoms with Crippen molar-refractivity contribution in [3.8, 4) is 0 Å². The van der Waals surface area contributed by atoms with Crippen molar-refractivity contribution in [1.29, 1.82) is 0 Å². The average molecular weight is 266 g/mol. The molecule has 94 valence electrons. The number of benzene rings is 2. The van der Waals surface area contributed by atoms with Crippen LogP contribution >= 0.6 is 11.8 Å². The normalized spacial score (nSPS) is 10.7. The van der Waals surface area contributed by atoms with E-state index in [1.807, 2.05) is 13.0 Å².